The molecular weight excluding hydrogens is 732 g/mol. The van der Waals surface area contributed by atoms with Crippen LogP contribution < -0.4 is 4.74 Å². The van der Waals surface area contributed by atoms with Gasteiger partial charge in [0.25, 0.3) is 11.9 Å². The van der Waals surface area contributed by atoms with Crippen LogP contribution in [-0.2, 0) is 23.7 Å². The molecule has 3 fully saturated rings. The number of hydrogen-bond acceptors (Lipinski definition) is 20. The number of ether oxygens (including phenoxy) is 7. The number of phenols is 3. The summed E-state index contributed by atoms with van der Waals surface area (Å²) in [4.78, 5) is 0. The Labute approximate surface area is 304 Å². The third-order valence-corrected chi connectivity index (χ3v) is 9.55. The first kappa shape index (κ1) is 40.1. The molecule has 16 atom stereocenters. The Morgan fingerprint density at radius 3 is 1.72 bits per heavy atom. The van der Waals surface area contributed by atoms with Gasteiger partial charge < -0.3 is 105 Å². The molecule has 0 aromatic heterocycles. The number of aromatic hydroxyl groups is 4. The molecule has 15 N–H and O–H groups in total. The number of fused-ring (bicyclic) bond motifs is 1. The van der Waals surface area contributed by atoms with Crippen molar-refractivity contribution in [2.75, 3.05) is 19.8 Å². The highest BCUT2D eigenvalue weighted by atomic mass is 16.8. The summed E-state index contributed by atoms with van der Waals surface area (Å²) in [6, 6.07) is 5.94. The Balaban J connectivity index is 1.40. The fourth-order valence-corrected chi connectivity index (χ4v) is 6.47. The molecule has 6 rings (SSSR count). The molecule has 21 heteroatoms. The fraction of sp³-hybridized carbons (Fsp3) is 0.576. The molecule has 0 amide bonds. The Morgan fingerprint density at radius 1 is 0.574 bits per heavy atom. The van der Waals surface area contributed by atoms with Crippen LogP contribution in [0.5, 0.6) is 28.7 Å². The van der Waals surface area contributed by atoms with E-state index < -0.39 is 135 Å². The summed E-state index contributed by atoms with van der Waals surface area (Å²) in [5, 5.41) is 144. The molecule has 3 saturated heterocycles. The lowest BCUT2D eigenvalue weighted by atomic mass is 9.97. The average Bonchev–Trinajstić information content (AvgIpc) is 3.15. The van der Waals surface area contributed by atoms with Gasteiger partial charge >= 0.3 is 0 Å². The number of benzene rings is 2. The lowest BCUT2D eigenvalue weighted by Crippen LogP contribution is -2.64. The summed E-state index contributed by atoms with van der Waals surface area (Å²) < 4.78 is 39.1. The van der Waals surface area contributed by atoms with Gasteiger partial charge in [-0.1, -0.05) is 0 Å². The average molecular weight is 776 g/mol. The van der Waals surface area contributed by atoms with Gasteiger partial charge in [0.15, 0.2) is 29.7 Å². The maximum atomic E-state index is 11.2. The van der Waals surface area contributed by atoms with Crippen molar-refractivity contribution in [3.8, 4) is 28.7 Å². The van der Waals surface area contributed by atoms with Gasteiger partial charge in [0, 0.05) is 12.1 Å². The SMILES string of the molecule is OCC1OC(Oc2cc(O)cc3c2C=C(OC2OC(CO)C(O)C(O)C2OC2OC(CO)C(O)C(O)C2O)C(c2ccc(O)c(O)c2)[OH+]3)C(O)C(O)C1O. The zero-order valence-corrected chi connectivity index (χ0v) is 28.0. The molecule has 300 valence electrons. The van der Waals surface area contributed by atoms with Gasteiger partial charge in [0.05, 0.1) is 31.5 Å². The van der Waals surface area contributed by atoms with Gasteiger partial charge in [0.1, 0.15) is 84.2 Å². The van der Waals surface area contributed by atoms with E-state index in [-0.39, 0.29) is 28.4 Å². The fourth-order valence-electron chi connectivity index (χ4n) is 6.47. The largest absolute Gasteiger partial charge is 0.571 e. The van der Waals surface area contributed by atoms with Crippen molar-refractivity contribution >= 4 is 6.08 Å². The standard InChI is InChI=1S/C33H42O21/c34-7-18-21(40)24(43)27(46)31(51-18)49-16-5-11(37)4-15-12(16)6-17(29(48-15)10-1-2-13(38)14(39)3-10)50-33-30(26(45)23(42)20(9-36)53-33)54-32-28(47)25(44)22(41)19(8-35)52-32/h1-6,18-47H,7-9H2/p+1. The Kier molecular flexibility index (Phi) is 12.0. The molecule has 16 unspecified atom stereocenters. The van der Waals surface area contributed by atoms with E-state index in [2.05, 4.69) is 4.74 Å². The van der Waals surface area contributed by atoms with Gasteiger partial charge in [-0.25, -0.2) is 0 Å². The van der Waals surface area contributed by atoms with Crippen LogP contribution in [0.25, 0.3) is 6.08 Å². The molecule has 4 aliphatic rings. The number of rotatable bonds is 10. The molecule has 0 saturated carbocycles. The molecular formula is C33H43O21+. The van der Waals surface area contributed by atoms with Gasteiger partial charge in [-0.05, 0) is 18.2 Å². The lowest BCUT2D eigenvalue weighted by molar-refractivity contribution is -0.364. The first-order valence-electron chi connectivity index (χ1n) is 16.7. The van der Waals surface area contributed by atoms with Gasteiger partial charge in [-0.2, -0.15) is 0 Å². The van der Waals surface area contributed by atoms with Crippen molar-refractivity contribution in [2.45, 2.75) is 98.2 Å². The van der Waals surface area contributed by atoms with E-state index in [4.69, 9.17) is 28.4 Å². The van der Waals surface area contributed by atoms with Crippen molar-refractivity contribution in [1.29, 1.82) is 0 Å². The van der Waals surface area contributed by atoms with E-state index in [9.17, 15) is 71.5 Å². The highest BCUT2D eigenvalue weighted by Crippen LogP contribution is 2.47. The summed E-state index contributed by atoms with van der Waals surface area (Å²) in [6.07, 6.45) is -26.2. The van der Waals surface area contributed by atoms with Crippen molar-refractivity contribution in [1.82, 2.24) is 0 Å². The van der Waals surface area contributed by atoms with Crippen LogP contribution in [0, 0.1) is 0 Å². The monoisotopic (exact) mass is 775 g/mol. The normalized spacial score (nSPS) is 39.6. The minimum absolute atomic E-state index is 0.0156. The highest BCUT2D eigenvalue weighted by molar-refractivity contribution is 5.70. The summed E-state index contributed by atoms with van der Waals surface area (Å²) in [5.41, 5.74) is 0.198. The summed E-state index contributed by atoms with van der Waals surface area (Å²) in [5.74, 6) is -1.89. The van der Waals surface area contributed by atoms with Crippen LogP contribution in [0.3, 0.4) is 0 Å². The lowest BCUT2D eigenvalue weighted by Gasteiger charge is -2.46. The van der Waals surface area contributed by atoms with Gasteiger partial charge in [0.2, 0.25) is 12.6 Å². The second-order valence-corrected chi connectivity index (χ2v) is 13.1. The van der Waals surface area contributed by atoms with Crippen LogP contribution in [0.15, 0.2) is 36.1 Å². The summed E-state index contributed by atoms with van der Waals surface area (Å²) in [7, 11) is 0. The molecule has 21 nitrogen and oxygen atoms in total. The van der Waals surface area contributed by atoms with E-state index >= 15 is 0 Å². The molecule has 0 bridgehead atoms. The summed E-state index contributed by atoms with van der Waals surface area (Å²) >= 11 is 0. The number of aliphatic hydroxyl groups excluding tert-OH is 11. The van der Waals surface area contributed by atoms with Gasteiger partial charge in [-0.15, -0.1) is 0 Å². The molecule has 4 aliphatic heterocycles. The van der Waals surface area contributed by atoms with Crippen LogP contribution in [0.4, 0.5) is 0 Å². The second kappa shape index (κ2) is 16.2. The van der Waals surface area contributed by atoms with Crippen LogP contribution >= 0.6 is 0 Å². The Hall–Kier alpha value is -3.62. The first-order chi connectivity index (χ1) is 25.7. The van der Waals surface area contributed by atoms with Crippen molar-refractivity contribution in [3.63, 3.8) is 0 Å². The molecule has 2 aromatic rings. The predicted octanol–water partition coefficient (Wildman–Crippen LogP) is -5.04. The number of aliphatic hydroxyl groups is 12. The molecule has 0 spiro atoms. The maximum Gasteiger partial charge on any atom is 0.270 e. The van der Waals surface area contributed by atoms with E-state index in [1.165, 1.54) is 18.2 Å². The van der Waals surface area contributed by atoms with Crippen LogP contribution in [0.2, 0.25) is 0 Å². The van der Waals surface area contributed by atoms with Crippen LogP contribution in [0.1, 0.15) is 17.2 Å². The third kappa shape index (κ3) is 7.62. The zero-order chi connectivity index (χ0) is 39.2. The maximum absolute atomic E-state index is 11.2. The quantitative estimate of drug-likeness (QED) is 0.0793. The van der Waals surface area contributed by atoms with E-state index in [1.54, 1.807) is 0 Å². The van der Waals surface area contributed by atoms with E-state index in [1.807, 2.05) is 0 Å². The van der Waals surface area contributed by atoms with Gasteiger partial charge in [-0.3, -0.25) is 0 Å². The smallest absolute Gasteiger partial charge is 0.270 e. The third-order valence-electron chi connectivity index (χ3n) is 9.55. The van der Waals surface area contributed by atoms with Crippen molar-refractivity contribution in [2.24, 2.45) is 0 Å². The predicted molar refractivity (Wildman–Crippen MR) is 172 cm³/mol. The van der Waals surface area contributed by atoms with E-state index in [0.717, 1.165) is 18.2 Å². The molecule has 4 heterocycles. The molecule has 0 aliphatic carbocycles. The molecule has 54 heavy (non-hydrogen) atoms. The molecule has 0 radical (unpaired) electrons. The Bertz CT molecular complexity index is 1640. The minimum Gasteiger partial charge on any atom is -0.571 e. The highest BCUT2D eigenvalue weighted by Gasteiger charge is 2.52. The zero-order valence-electron chi connectivity index (χ0n) is 28.0. The number of hydrogen-bond donors (Lipinski definition) is 14. The number of phenolic OH excluding ortho intramolecular Hbond substituents is 3. The Morgan fingerprint density at radius 2 is 1.13 bits per heavy atom. The van der Waals surface area contributed by atoms with E-state index in [0.29, 0.717) is 0 Å². The molecule has 2 aromatic carbocycles. The second-order valence-electron chi connectivity index (χ2n) is 13.1. The van der Waals surface area contributed by atoms with Crippen molar-refractivity contribution < 1.29 is 105 Å². The minimum atomic E-state index is -1.96. The van der Waals surface area contributed by atoms with Crippen molar-refractivity contribution in [3.05, 3.63) is 47.2 Å². The van der Waals surface area contributed by atoms with Crippen LogP contribution in [-0.4, -0.2) is 188 Å². The summed E-state index contributed by atoms with van der Waals surface area (Å²) in [6.45, 7) is -2.43. The first-order valence-corrected chi connectivity index (χ1v) is 16.7. The topological polar surface area (TPSA) is 351 Å².